The molecular weight excluding hydrogens is 340 g/mol. The number of carbonyl (C=O) groups is 1. The van der Waals surface area contributed by atoms with Crippen LogP contribution in [0.2, 0.25) is 0 Å². The van der Waals surface area contributed by atoms with Gasteiger partial charge in [0.2, 0.25) is 0 Å². The van der Waals surface area contributed by atoms with Gasteiger partial charge in [-0.05, 0) is 31.9 Å². The van der Waals surface area contributed by atoms with Crippen LogP contribution >= 0.6 is 0 Å². The number of aromatic nitrogens is 3. The van der Waals surface area contributed by atoms with Crippen molar-refractivity contribution < 1.29 is 4.79 Å². The predicted octanol–water partition coefficient (Wildman–Crippen LogP) is 2.61. The van der Waals surface area contributed by atoms with Gasteiger partial charge in [-0.1, -0.05) is 12.8 Å². The molecule has 0 unspecified atom stereocenters. The second-order valence-electron chi connectivity index (χ2n) is 7.55. The normalized spacial score (nSPS) is 18.9. The first kappa shape index (κ1) is 17.9. The second kappa shape index (κ2) is 8.05. The van der Waals surface area contributed by atoms with Crippen LogP contribution in [0.1, 0.15) is 54.9 Å². The zero-order valence-electron chi connectivity index (χ0n) is 15.7. The maximum absolute atomic E-state index is 12.9. The lowest BCUT2D eigenvalue weighted by molar-refractivity contribution is 0.0636. The third kappa shape index (κ3) is 3.81. The van der Waals surface area contributed by atoms with Crippen LogP contribution in [0.4, 0.5) is 0 Å². The van der Waals surface area contributed by atoms with Gasteiger partial charge in [0.05, 0.1) is 18.0 Å². The fourth-order valence-electron chi connectivity index (χ4n) is 4.22. The zero-order chi connectivity index (χ0) is 18.6. The van der Waals surface area contributed by atoms with Crippen LogP contribution in [-0.2, 0) is 0 Å². The Morgan fingerprint density at radius 3 is 2.70 bits per heavy atom. The number of unbranched alkanes of at least 4 members (excludes halogenated alkanes) is 1. The molecule has 7 heteroatoms. The Kier molecular flexibility index (Phi) is 5.35. The molecule has 3 heterocycles. The highest BCUT2D eigenvalue weighted by Gasteiger charge is 2.24. The van der Waals surface area contributed by atoms with Crippen LogP contribution in [0.5, 0.6) is 0 Å². The molecule has 1 saturated heterocycles. The smallest absolute Gasteiger partial charge is 0.255 e. The summed E-state index contributed by atoms with van der Waals surface area (Å²) in [4.78, 5) is 26.2. The van der Waals surface area contributed by atoms with E-state index in [-0.39, 0.29) is 5.91 Å². The van der Waals surface area contributed by atoms with Crippen LogP contribution in [0, 0.1) is 11.3 Å². The number of nitriles is 1. The van der Waals surface area contributed by atoms with E-state index in [4.69, 9.17) is 5.26 Å². The summed E-state index contributed by atoms with van der Waals surface area (Å²) in [7, 11) is 0. The number of fused-ring (bicyclic) bond motifs is 1. The second-order valence-corrected chi connectivity index (χ2v) is 7.55. The van der Waals surface area contributed by atoms with Crippen LogP contribution in [0.3, 0.4) is 0 Å². The molecule has 7 nitrogen and oxygen atoms in total. The summed E-state index contributed by atoms with van der Waals surface area (Å²) in [5.74, 6) is 0.0384. The van der Waals surface area contributed by atoms with E-state index in [9.17, 15) is 4.79 Å². The van der Waals surface area contributed by atoms with Crippen molar-refractivity contribution in [3.63, 3.8) is 0 Å². The van der Waals surface area contributed by atoms with Crippen LogP contribution < -0.4 is 0 Å². The molecule has 2 aromatic heterocycles. The topological polar surface area (TPSA) is 78.1 Å². The third-order valence-electron chi connectivity index (χ3n) is 5.80. The molecule has 0 atom stereocenters. The Morgan fingerprint density at radius 2 is 1.96 bits per heavy atom. The highest BCUT2D eigenvalue weighted by atomic mass is 16.2. The van der Waals surface area contributed by atoms with Crippen LogP contribution in [0.25, 0.3) is 11.2 Å². The maximum Gasteiger partial charge on any atom is 0.255 e. The van der Waals surface area contributed by atoms with Gasteiger partial charge < -0.3 is 9.47 Å². The number of carbonyl (C=O) groups excluding carboxylic acids is 1. The van der Waals surface area contributed by atoms with Gasteiger partial charge in [-0.25, -0.2) is 9.97 Å². The number of rotatable bonds is 5. The number of hydrogen-bond donors (Lipinski definition) is 0. The molecule has 2 aromatic rings. The van der Waals surface area contributed by atoms with E-state index in [1.807, 2.05) is 17.3 Å². The van der Waals surface area contributed by atoms with E-state index in [0.29, 0.717) is 18.0 Å². The maximum atomic E-state index is 12.9. The summed E-state index contributed by atoms with van der Waals surface area (Å²) in [6.45, 7) is 4.11. The van der Waals surface area contributed by atoms with Crippen molar-refractivity contribution in [1.29, 1.82) is 5.26 Å². The number of hydrogen-bond acceptors (Lipinski definition) is 5. The first-order valence-corrected chi connectivity index (χ1v) is 9.97. The molecule has 0 radical (unpaired) electrons. The van der Waals surface area contributed by atoms with Gasteiger partial charge in [0.1, 0.15) is 5.52 Å². The molecule has 2 aliphatic rings. The predicted molar refractivity (Wildman–Crippen MR) is 102 cm³/mol. The van der Waals surface area contributed by atoms with Crippen LogP contribution in [-0.4, -0.2) is 63.0 Å². The monoisotopic (exact) mass is 366 g/mol. The molecular formula is C20H26N6O. The fourth-order valence-corrected chi connectivity index (χ4v) is 4.22. The third-order valence-corrected chi connectivity index (χ3v) is 5.80. The quantitative estimate of drug-likeness (QED) is 0.760. The molecule has 2 fully saturated rings. The van der Waals surface area contributed by atoms with Gasteiger partial charge in [0.15, 0.2) is 5.65 Å². The Bertz CT molecular complexity index is 840. The summed E-state index contributed by atoms with van der Waals surface area (Å²) >= 11 is 0. The Hall–Kier alpha value is -2.46. The average Bonchev–Trinajstić information content (AvgIpc) is 3.37. The van der Waals surface area contributed by atoms with E-state index in [1.54, 1.807) is 6.20 Å². The molecule has 27 heavy (non-hydrogen) atoms. The van der Waals surface area contributed by atoms with E-state index in [0.717, 1.165) is 50.3 Å². The Morgan fingerprint density at radius 1 is 1.19 bits per heavy atom. The SMILES string of the molecule is N#CCCCN1CCN(C(=O)c2cnc3c(c2)ncn3C2CCCC2)CC1. The Balaban J connectivity index is 1.40. The lowest BCUT2D eigenvalue weighted by Crippen LogP contribution is -2.48. The average molecular weight is 366 g/mol. The lowest BCUT2D eigenvalue weighted by atomic mass is 10.2. The molecule has 142 valence electrons. The number of imidazole rings is 1. The molecule has 4 rings (SSSR count). The minimum atomic E-state index is 0.0384. The summed E-state index contributed by atoms with van der Waals surface area (Å²) in [6.07, 6.45) is 9.98. The van der Waals surface area contributed by atoms with Gasteiger partial charge in [0.25, 0.3) is 5.91 Å². The molecule has 0 spiro atoms. The highest BCUT2D eigenvalue weighted by Crippen LogP contribution is 2.31. The van der Waals surface area contributed by atoms with E-state index < -0.39 is 0 Å². The highest BCUT2D eigenvalue weighted by molar-refractivity contribution is 5.96. The Labute approximate surface area is 159 Å². The van der Waals surface area contributed by atoms with E-state index in [1.165, 1.54) is 25.7 Å². The number of piperazine rings is 1. The van der Waals surface area contributed by atoms with Gasteiger partial charge in [-0.15, -0.1) is 0 Å². The van der Waals surface area contributed by atoms with Crippen molar-refractivity contribution in [3.8, 4) is 6.07 Å². The van der Waals surface area contributed by atoms with Crippen molar-refractivity contribution in [1.82, 2.24) is 24.3 Å². The van der Waals surface area contributed by atoms with Gasteiger partial charge >= 0.3 is 0 Å². The van der Waals surface area contributed by atoms with Crippen LogP contribution in [0.15, 0.2) is 18.6 Å². The van der Waals surface area contributed by atoms with Crippen molar-refractivity contribution in [2.24, 2.45) is 0 Å². The molecule has 1 amide bonds. The number of nitrogens with zero attached hydrogens (tertiary/aromatic N) is 6. The molecule has 1 aliphatic heterocycles. The van der Waals surface area contributed by atoms with Crippen molar-refractivity contribution in [2.45, 2.75) is 44.6 Å². The fraction of sp³-hybridized carbons (Fsp3) is 0.600. The van der Waals surface area contributed by atoms with Gasteiger partial charge in [-0.3, -0.25) is 9.69 Å². The van der Waals surface area contributed by atoms with E-state index in [2.05, 4.69) is 25.5 Å². The first-order valence-electron chi connectivity index (χ1n) is 9.97. The van der Waals surface area contributed by atoms with E-state index >= 15 is 0 Å². The zero-order valence-corrected chi connectivity index (χ0v) is 15.7. The summed E-state index contributed by atoms with van der Waals surface area (Å²) in [5.41, 5.74) is 2.32. The van der Waals surface area contributed by atoms with Crippen molar-refractivity contribution >= 4 is 17.1 Å². The molecule has 1 aliphatic carbocycles. The number of amides is 1. The first-order chi connectivity index (χ1) is 13.3. The number of pyridine rings is 1. The molecule has 0 bridgehead atoms. The summed E-state index contributed by atoms with van der Waals surface area (Å²) in [5, 5.41) is 8.64. The largest absolute Gasteiger partial charge is 0.336 e. The minimum absolute atomic E-state index is 0.0384. The molecule has 0 N–H and O–H groups in total. The van der Waals surface area contributed by atoms with Gasteiger partial charge in [-0.2, -0.15) is 5.26 Å². The summed E-state index contributed by atoms with van der Waals surface area (Å²) in [6, 6.07) is 4.57. The van der Waals surface area contributed by atoms with Crippen molar-refractivity contribution in [3.05, 3.63) is 24.2 Å². The van der Waals surface area contributed by atoms with Gasteiger partial charge in [0, 0.05) is 44.8 Å². The molecule has 0 aromatic carbocycles. The van der Waals surface area contributed by atoms with Crippen molar-refractivity contribution in [2.75, 3.05) is 32.7 Å². The molecule has 1 saturated carbocycles. The standard InChI is InChI=1S/C20H26N6O/c21-7-3-4-8-24-9-11-25(12-10-24)20(27)16-13-18-19(22-14-16)26(15-23-18)17-5-1-2-6-17/h13-15,17H,1-6,8-12H2. The summed E-state index contributed by atoms with van der Waals surface area (Å²) < 4.78 is 2.18. The lowest BCUT2D eigenvalue weighted by Gasteiger charge is -2.34. The minimum Gasteiger partial charge on any atom is -0.336 e.